The summed E-state index contributed by atoms with van der Waals surface area (Å²) in [5.41, 5.74) is 1.98. The van der Waals surface area contributed by atoms with E-state index in [9.17, 15) is 4.79 Å². The van der Waals surface area contributed by atoms with Gasteiger partial charge in [-0.3, -0.25) is 4.79 Å². The number of hydrogen-bond donors (Lipinski definition) is 0. The Balaban J connectivity index is 1.57. The lowest BCUT2D eigenvalue weighted by Gasteiger charge is -2.21. The van der Waals surface area contributed by atoms with Crippen molar-refractivity contribution < 1.29 is 9.53 Å². The minimum Gasteiger partial charge on any atom is -0.492 e. The highest BCUT2D eigenvalue weighted by molar-refractivity contribution is 9.10. The number of ether oxygens (including phenoxy) is 1. The van der Waals surface area contributed by atoms with Gasteiger partial charge in [0.05, 0.1) is 12.2 Å². The first kappa shape index (κ1) is 12.9. The van der Waals surface area contributed by atoms with Crippen molar-refractivity contribution in [3.8, 4) is 5.75 Å². The molecular formula is C17H19BrO2. The molecular weight excluding hydrogens is 316 g/mol. The Kier molecular flexibility index (Phi) is 3.13. The number of rotatable bonds is 3. The fourth-order valence-corrected chi connectivity index (χ4v) is 4.96. The van der Waals surface area contributed by atoms with Crippen LogP contribution in [0, 0.1) is 17.8 Å². The third kappa shape index (κ3) is 2.11. The molecule has 3 atom stereocenters. The minimum atomic E-state index is 0.280. The molecule has 2 saturated carbocycles. The minimum absolute atomic E-state index is 0.280. The highest BCUT2D eigenvalue weighted by Crippen LogP contribution is 2.50. The Labute approximate surface area is 128 Å². The van der Waals surface area contributed by atoms with Crippen LogP contribution in [-0.2, 0) is 6.42 Å². The predicted molar refractivity (Wildman–Crippen MR) is 81.2 cm³/mol. The number of hydrogen-bond acceptors (Lipinski definition) is 2. The van der Waals surface area contributed by atoms with Gasteiger partial charge in [0.2, 0.25) is 0 Å². The molecule has 0 N–H and O–H groups in total. The van der Waals surface area contributed by atoms with Crippen molar-refractivity contribution in [2.75, 3.05) is 6.61 Å². The number of carbonyl (C=O) groups excluding carboxylic acids is 1. The first-order valence-electron chi connectivity index (χ1n) is 7.69. The zero-order valence-electron chi connectivity index (χ0n) is 11.5. The molecule has 0 radical (unpaired) electrons. The van der Waals surface area contributed by atoms with E-state index in [0.29, 0.717) is 18.9 Å². The Morgan fingerprint density at radius 1 is 1.30 bits per heavy atom. The first-order valence-corrected chi connectivity index (χ1v) is 8.48. The maximum atomic E-state index is 12.7. The van der Waals surface area contributed by atoms with Gasteiger partial charge in [-0.2, -0.15) is 0 Å². The largest absolute Gasteiger partial charge is 0.492 e. The number of halogens is 1. The molecule has 3 aliphatic rings. The lowest BCUT2D eigenvalue weighted by Crippen LogP contribution is -2.15. The molecule has 0 spiro atoms. The summed E-state index contributed by atoms with van der Waals surface area (Å²) < 4.78 is 6.69. The maximum absolute atomic E-state index is 12.7. The van der Waals surface area contributed by atoms with Gasteiger partial charge in [0.15, 0.2) is 5.78 Å². The summed E-state index contributed by atoms with van der Waals surface area (Å²) in [6, 6.07) is 4.02. The Hall–Kier alpha value is -0.830. The smallest absolute Gasteiger partial charge is 0.166 e. The lowest BCUT2D eigenvalue weighted by atomic mass is 9.84. The quantitative estimate of drug-likeness (QED) is 0.766. The van der Waals surface area contributed by atoms with E-state index in [1.165, 1.54) is 31.2 Å². The maximum Gasteiger partial charge on any atom is 0.166 e. The molecule has 3 heteroatoms. The number of carbonyl (C=O) groups is 1. The average Bonchev–Trinajstić information content (AvgIpc) is 3.12. The van der Waals surface area contributed by atoms with Crippen LogP contribution < -0.4 is 4.74 Å². The van der Waals surface area contributed by atoms with Crippen LogP contribution in [0.2, 0.25) is 0 Å². The summed E-state index contributed by atoms with van der Waals surface area (Å²) in [6.45, 7) is 0.709. The van der Waals surface area contributed by atoms with Crippen LogP contribution in [0.3, 0.4) is 0 Å². The molecule has 1 heterocycles. The molecule has 4 rings (SSSR count). The van der Waals surface area contributed by atoms with Crippen LogP contribution in [0.1, 0.15) is 48.0 Å². The molecule has 2 nitrogen and oxygen atoms in total. The topological polar surface area (TPSA) is 26.3 Å². The van der Waals surface area contributed by atoms with Gasteiger partial charge in [-0.25, -0.2) is 0 Å². The van der Waals surface area contributed by atoms with E-state index in [1.54, 1.807) is 0 Å². The molecule has 0 aromatic heterocycles. The van der Waals surface area contributed by atoms with Gasteiger partial charge in [0.25, 0.3) is 0 Å². The summed E-state index contributed by atoms with van der Waals surface area (Å²) in [5.74, 6) is 3.47. The van der Waals surface area contributed by atoms with Crippen molar-refractivity contribution in [1.29, 1.82) is 0 Å². The molecule has 20 heavy (non-hydrogen) atoms. The van der Waals surface area contributed by atoms with Gasteiger partial charge >= 0.3 is 0 Å². The lowest BCUT2D eigenvalue weighted by molar-refractivity contribution is 0.0941. The molecule has 0 saturated heterocycles. The fourth-order valence-electron chi connectivity index (χ4n) is 4.45. The molecule has 2 fully saturated rings. The summed E-state index contributed by atoms with van der Waals surface area (Å²) in [4.78, 5) is 12.7. The number of Topliss-reactive ketones (excluding diaryl/α,β-unsaturated/α-hetero) is 1. The van der Waals surface area contributed by atoms with E-state index >= 15 is 0 Å². The summed E-state index contributed by atoms with van der Waals surface area (Å²) in [6.07, 6.45) is 7.01. The number of fused-ring (bicyclic) bond motifs is 3. The van der Waals surface area contributed by atoms with E-state index in [0.717, 1.165) is 34.0 Å². The van der Waals surface area contributed by atoms with Crippen LogP contribution in [0.4, 0.5) is 0 Å². The SMILES string of the molecule is O=C(CC1CC2CCC1C2)c1cc(Br)cc2c1OCC2. The summed E-state index contributed by atoms with van der Waals surface area (Å²) >= 11 is 3.52. The second-order valence-corrected chi connectivity index (χ2v) is 7.52. The van der Waals surface area contributed by atoms with Crippen LogP contribution in [0.25, 0.3) is 0 Å². The van der Waals surface area contributed by atoms with Crippen molar-refractivity contribution in [2.45, 2.75) is 38.5 Å². The van der Waals surface area contributed by atoms with Gasteiger partial charge in [-0.15, -0.1) is 0 Å². The number of ketones is 1. The van der Waals surface area contributed by atoms with E-state index in [1.807, 2.05) is 6.07 Å². The van der Waals surface area contributed by atoms with Gasteiger partial charge in [-0.1, -0.05) is 22.4 Å². The van der Waals surface area contributed by atoms with Gasteiger partial charge in [-0.05, 0) is 54.7 Å². The summed E-state index contributed by atoms with van der Waals surface area (Å²) in [7, 11) is 0. The zero-order valence-corrected chi connectivity index (χ0v) is 13.1. The van der Waals surface area contributed by atoms with Crippen LogP contribution in [0.5, 0.6) is 5.75 Å². The second-order valence-electron chi connectivity index (χ2n) is 6.60. The van der Waals surface area contributed by atoms with E-state index in [4.69, 9.17) is 4.74 Å². The van der Waals surface area contributed by atoms with Crippen molar-refractivity contribution >= 4 is 21.7 Å². The summed E-state index contributed by atoms with van der Waals surface area (Å²) in [5, 5.41) is 0. The monoisotopic (exact) mass is 334 g/mol. The Bertz CT molecular complexity index is 566. The Morgan fingerprint density at radius 3 is 2.95 bits per heavy atom. The third-order valence-corrected chi connectivity index (χ3v) is 5.84. The highest BCUT2D eigenvalue weighted by Gasteiger charge is 2.40. The third-order valence-electron chi connectivity index (χ3n) is 5.38. The van der Waals surface area contributed by atoms with Gasteiger partial charge < -0.3 is 4.74 Å². The normalized spacial score (nSPS) is 30.4. The molecule has 106 valence electrons. The molecule has 1 aliphatic heterocycles. The van der Waals surface area contributed by atoms with Crippen molar-refractivity contribution in [3.05, 3.63) is 27.7 Å². The van der Waals surface area contributed by atoms with Crippen LogP contribution in [-0.4, -0.2) is 12.4 Å². The Morgan fingerprint density at radius 2 is 2.20 bits per heavy atom. The molecule has 2 bridgehead atoms. The standard InChI is InChI=1S/C17H19BrO2/c18-14-7-12-3-4-20-17(12)15(9-14)16(19)8-13-6-10-1-2-11(13)5-10/h7,9-11,13H,1-6,8H2. The fraction of sp³-hybridized carbons (Fsp3) is 0.588. The number of benzene rings is 1. The van der Waals surface area contributed by atoms with E-state index in [2.05, 4.69) is 22.0 Å². The van der Waals surface area contributed by atoms with E-state index < -0.39 is 0 Å². The second kappa shape index (κ2) is 4.87. The van der Waals surface area contributed by atoms with Crippen molar-refractivity contribution in [1.82, 2.24) is 0 Å². The van der Waals surface area contributed by atoms with Gasteiger partial charge in [0, 0.05) is 17.3 Å². The molecule has 1 aromatic carbocycles. The molecule has 3 unspecified atom stereocenters. The highest BCUT2D eigenvalue weighted by atomic mass is 79.9. The predicted octanol–water partition coefficient (Wildman–Crippen LogP) is 4.39. The molecule has 0 amide bonds. The zero-order chi connectivity index (χ0) is 13.7. The van der Waals surface area contributed by atoms with Crippen molar-refractivity contribution in [2.24, 2.45) is 17.8 Å². The van der Waals surface area contributed by atoms with Gasteiger partial charge in [0.1, 0.15) is 5.75 Å². The van der Waals surface area contributed by atoms with Crippen molar-refractivity contribution in [3.63, 3.8) is 0 Å². The van der Waals surface area contributed by atoms with Crippen LogP contribution >= 0.6 is 15.9 Å². The van der Waals surface area contributed by atoms with Crippen LogP contribution in [0.15, 0.2) is 16.6 Å². The average molecular weight is 335 g/mol. The first-order chi connectivity index (χ1) is 9.70. The molecule has 1 aromatic rings. The van der Waals surface area contributed by atoms with E-state index in [-0.39, 0.29) is 5.78 Å². The molecule has 2 aliphatic carbocycles.